The molecule has 1 fully saturated rings. The predicted octanol–water partition coefficient (Wildman–Crippen LogP) is 3.09. The van der Waals surface area contributed by atoms with Gasteiger partial charge >= 0.3 is 6.18 Å². The van der Waals surface area contributed by atoms with Crippen LogP contribution in [0.1, 0.15) is 10.4 Å². The molecule has 2 aromatic heterocycles. The molecule has 7 nitrogen and oxygen atoms in total. The molecule has 0 radical (unpaired) electrons. The molecule has 0 N–H and O–H groups in total. The first-order chi connectivity index (χ1) is 15.5. The van der Waals surface area contributed by atoms with Crippen LogP contribution in [0.15, 0.2) is 41.6 Å². The lowest BCUT2D eigenvalue weighted by molar-refractivity contribution is -0.130. The Hall–Kier alpha value is -2.73. The van der Waals surface area contributed by atoms with Crippen molar-refractivity contribution in [1.29, 1.82) is 0 Å². The highest BCUT2D eigenvalue weighted by Gasteiger charge is 2.30. The first kappa shape index (κ1) is 23.4. The largest absolute Gasteiger partial charge is 0.393 e. The van der Waals surface area contributed by atoms with E-state index in [-0.39, 0.29) is 22.1 Å². The number of amides is 1. The zero-order valence-electron chi connectivity index (χ0n) is 17.7. The molecule has 0 bridgehead atoms. The molecule has 4 rings (SSSR count). The molecule has 176 valence electrons. The van der Waals surface area contributed by atoms with Gasteiger partial charge in [0.25, 0.3) is 0 Å². The van der Waals surface area contributed by atoms with Crippen molar-refractivity contribution in [3.05, 3.63) is 47.1 Å². The van der Waals surface area contributed by atoms with E-state index in [2.05, 4.69) is 9.97 Å². The molecule has 33 heavy (non-hydrogen) atoms. The van der Waals surface area contributed by atoms with E-state index in [1.807, 2.05) is 4.90 Å². The van der Waals surface area contributed by atoms with Crippen LogP contribution in [-0.2, 0) is 27.5 Å². The molecular formula is C21H21F3N4O3S2. The lowest BCUT2D eigenvalue weighted by Crippen LogP contribution is -2.49. The number of alkyl halides is 3. The van der Waals surface area contributed by atoms with E-state index < -0.39 is 22.4 Å². The summed E-state index contributed by atoms with van der Waals surface area (Å²) in [7, 11) is -3.29. The minimum Gasteiger partial charge on any atom is -0.352 e. The van der Waals surface area contributed by atoms with E-state index in [0.717, 1.165) is 23.2 Å². The van der Waals surface area contributed by atoms with Crippen molar-refractivity contribution in [3.63, 3.8) is 0 Å². The summed E-state index contributed by atoms with van der Waals surface area (Å²) >= 11 is 1.01. The molecule has 0 unspecified atom stereocenters. The highest BCUT2D eigenvalue weighted by atomic mass is 32.2. The van der Waals surface area contributed by atoms with Crippen molar-refractivity contribution in [2.75, 3.05) is 37.3 Å². The van der Waals surface area contributed by atoms with Gasteiger partial charge in [-0.2, -0.15) is 13.2 Å². The second-order valence-corrected chi connectivity index (χ2v) is 11.0. The molecule has 3 heterocycles. The number of sulfone groups is 1. The van der Waals surface area contributed by atoms with E-state index in [4.69, 9.17) is 0 Å². The van der Waals surface area contributed by atoms with Gasteiger partial charge in [0.1, 0.15) is 17.0 Å². The van der Waals surface area contributed by atoms with Gasteiger partial charge in [-0.1, -0.05) is 12.1 Å². The standard InChI is InChI=1S/C21H21F3N4O3S2/c1-33(30,31)16-4-2-14(3-5-16)10-18(29)27-6-8-28(9-7-27)19-17-11-15(12-21(22,23)24)32-20(17)26-13-25-19/h2-5,11,13H,6-10,12H2,1H3. The van der Waals surface area contributed by atoms with Gasteiger partial charge in [0.2, 0.25) is 5.91 Å². The maximum Gasteiger partial charge on any atom is 0.393 e. The Morgan fingerprint density at radius 3 is 2.36 bits per heavy atom. The lowest BCUT2D eigenvalue weighted by Gasteiger charge is -2.35. The number of fused-ring (bicyclic) bond motifs is 1. The number of hydrogen-bond donors (Lipinski definition) is 0. The molecule has 3 aromatic rings. The first-order valence-corrected chi connectivity index (χ1v) is 12.8. The number of rotatable bonds is 5. The number of halogens is 3. The number of carbonyl (C=O) groups excluding carboxylic acids is 1. The van der Waals surface area contributed by atoms with Crippen LogP contribution in [0.25, 0.3) is 10.2 Å². The molecule has 1 aliphatic rings. The summed E-state index contributed by atoms with van der Waals surface area (Å²) in [5, 5.41) is 0.590. The summed E-state index contributed by atoms with van der Waals surface area (Å²) in [4.78, 5) is 25.7. The molecule has 0 aliphatic carbocycles. The molecule has 1 amide bonds. The number of benzene rings is 1. The number of aromatic nitrogens is 2. The van der Waals surface area contributed by atoms with Crippen LogP contribution >= 0.6 is 11.3 Å². The fourth-order valence-corrected chi connectivity index (χ4v) is 5.39. The van der Waals surface area contributed by atoms with Crippen molar-refractivity contribution in [3.8, 4) is 0 Å². The Labute approximate surface area is 192 Å². The van der Waals surface area contributed by atoms with Gasteiger partial charge in [0.05, 0.1) is 23.1 Å². The summed E-state index contributed by atoms with van der Waals surface area (Å²) in [6.45, 7) is 1.89. The highest BCUT2D eigenvalue weighted by molar-refractivity contribution is 7.90. The van der Waals surface area contributed by atoms with Gasteiger partial charge in [-0.15, -0.1) is 11.3 Å². The molecule has 1 saturated heterocycles. The van der Waals surface area contributed by atoms with Gasteiger partial charge in [-0.25, -0.2) is 18.4 Å². The van der Waals surface area contributed by atoms with Crippen molar-refractivity contribution in [2.45, 2.75) is 23.9 Å². The maximum atomic E-state index is 12.8. The zero-order valence-corrected chi connectivity index (χ0v) is 19.3. The van der Waals surface area contributed by atoms with Crippen LogP contribution in [0.2, 0.25) is 0 Å². The average molecular weight is 499 g/mol. The average Bonchev–Trinajstić information content (AvgIpc) is 3.14. The summed E-state index contributed by atoms with van der Waals surface area (Å²) in [6, 6.07) is 7.75. The molecule has 12 heteroatoms. The molecule has 0 spiro atoms. The minimum atomic E-state index is -4.29. The van der Waals surface area contributed by atoms with Crippen molar-refractivity contribution < 1.29 is 26.4 Å². The quantitative estimate of drug-likeness (QED) is 0.538. The summed E-state index contributed by atoms with van der Waals surface area (Å²) in [5.41, 5.74) is 0.725. The third kappa shape index (κ3) is 5.61. The number of thiophene rings is 1. The Morgan fingerprint density at radius 2 is 1.76 bits per heavy atom. The molecular weight excluding hydrogens is 477 g/mol. The van der Waals surface area contributed by atoms with Crippen molar-refractivity contribution in [1.82, 2.24) is 14.9 Å². The number of hydrogen-bond acceptors (Lipinski definition) is 7. The van der Waals surface area contributed by atoms with Crippen LogP contribution in [0.3, 0.4) is 0 Å². The minimum absolute atomic E-state index is 0.0717. The Balaban J connectivity index is 1.40. The second kappa shape index (κ2) is 8.90. The zero-order chi connectivity index (χ0) is 23.8. The number of nitrogens with zero attached hydrogens (tertiary/aromatic N) is 4. The molecule has 1 aromatic carbocycles. The monoisotopic (exact) mass is 498 g/mol. The normalized spacial score (nSPS) is 15.3. The van der Waals surface area contributed by atoms with Gasteiger partial charge in [-0.3, -0.25) is 4.79 Å². The van der Waals surface area contributed by atoms with E-state index in [0.29, 0.717) is 42.2 Å². The van der Waals surface area contributed by atoms with Crippen LogP contribution in [0.5, 0.6) is 0 Å². The lowest BCUT2D eigenvalue weighted by atomic mass is 10.1. The summed E-state index contributed by atoms with van der Waals surface area (Å²) in [6.07, 6.45) is -2.64. The van der Waals surface area contributed by atoms with Gasteiger partial charge in [-0.05, 0) is 23.8 Å². The van der Waals surface area contributed by atoms with Crippen molar-refractivity contribution in [2.24, 2.45) is 0 Å². The molecule has 0 atom stereocenters. The smallest absolute Gasteiger partial charge is 0.352 e. The second-order valence-electron chi connectivity index (χ2n) is 7.88. The fraction of sp³-hybridized carbons (Fsp3) is 0.381. The summed E-state index contributed by atoms with van der Waals surface area (Å²) in [5.74, 6) is 0.505. The van der Waals surface area contributed by atoms with Crippen molar-refractivity contribution >= 4 is 43.1 Å². The highest BCUT2D eigenvalue weighted by Crippen LogP contribution is 2.34. The van der Waals surface area contributed by atoms with E-state index >= 15 is 0 Å². The van der Waals surface area contributed by atoms with Gasteiger partial charge in [0.15, 0.2) is 9.84 Å². The number of carbonyl (C=O) groups is 1. The first-order valence-electron chi connectivity index (χ1n) is 10.1. The van der Waals surface area contributed by atoms with E-state index in [9.17, 15) is 26.4 Å². The van der Waals surface area contributed by atoms with Crippen LogP contribution in [0, 0.1) is 0 Å². The van der Waals surface area contributed by atoms with E-state index in [1.54, 1.807) is 17.0 Å². The van der Waals surface area contributed by atoms with Gasteiger partial charge in [0, 0.05) is 37.3 Å². The van der Waals surface area contributed by atoms with Gasteiger partial charge < -0.3 is 9.80 Å². The Bertz CT molecular complexity index is 1270. The maximum absolute atomic E-state index is 12.8. The molecule has 0 saturated carbocycles. The third-order valence-electron chi connectivity index (χ3n) is 5.37. The van der Waals surface area contributed by atoms with Crippen LogP contribution < -0.4 is 4.90 Å². The van der Waals surface area contributed by atoms with Crippen LogP contribution in [-0.4, -0.2) is 67.8 Å². The Kier molecular flexibility index (Phi) is 6.32. The number of piperazine rings is 1. The number of anilines is 1. The predicted molar refractivity (Wildman–Crippen MR) is 119 cm³/mol. The third-order valence-corrected chi connectivity index (χ3v) is 7.54. The van der Waals surface area contributed by atoms with E-state index in [1.165, 1.54) is 24.5 Å². The molecule has 1 aliphatic heterocycles. The summed E-state index contributed by atoms with van der Waals surface area (Å²) < 4.78 is 61.4. The Morgan fingerprint density at radius 1 is 1.09 bits per heavy atom. The fourth-order valence-electron chi connectivity index (χ4n) is 3.74. The topological polar surface area (TPSA) is 83.5 Å². The van der Waals surface area contributed by atoms with Crippen LogP contribution in [0.4, 0.5) is 19.0 Å². The SMILES string of the molecule is CS(=O)(=O)c1ccc(CC(=O)N2CCN(c3ncnc4sc(CC(F)(F)F)cc34)CC2)cc1.